The number of hydrogen-bond donors (Lipinski definition) is 0. The summed E-state index contributed by atoms with van der Waals surface area (Å²) >= 11 is 5.69. The number of rotatable bonds is 3. The fourth-order valence-corrected chi connectivity index (χ4v) is 2.93. The maximum atomic E-state index is 12.9. The Hall–Kier alpha value is -2.10. The molecule has 0 heterocycles. The monoisotopic (exact) mass is 311 g/mol. The number of halogens is 2. The van der Waals surface area contributed by atoms with Crippen LogP contribution >= 0.6 is 11.6 Å². The van der Waals surface area contributed by atoms with Gasteiger partial charge in [-0.1, -0.05) is 23.7 Å². The zero-order chi connectivity index (χ0) is 14.8. The van der Waals surface area contributed by atoms with Crippen LogP contribution in [0.25, 0.3) is 0 Å². The van der Waals surface area contributed by atoms with Crippen molar-refractivity contribution in [3.05, 3.63) is 58.9 Å². The van der Waals surface area contributed by atoms with Gasteiger partial charge in [0.15, 0.2) is 5.75 Å². The summed E-state index contributed by atoms with van der Waals surface area (Å²) in [6, 6.07) is 10.5. The van der Waals surface area contributed by atoms with Gasteiger partial charge in [-0.05, 0) is 30.3 Å². The molecule has 0 spiro atoms. The molecule has 20 heavy (non-hydrogen) atoms. The van der Waals surface area contributed by atoms with Gasteiger partial charge in [0, 0.05) is 0 Å². The molecular weight excluding hydrogens is 305 g/mol. The van der Waals surface area contributed by atoms with Gasteiger partial charge in [-0.3, -0.25) is 0 Å². The fourth-order valence-electron chi connectivity index (χ4n) is 1.47. The summed E-state index contributed by atoms with van der Waals surface area (Å²) in [7, 11) is -4.24. The van der Waals surface area contributed by atoms with Gasteiger partial charge in [0.25, 0.3) is 0 Å². The van der Waals surface area contributed by atoms with Gasteiger partial charge in [0.2, 0.25) is 0 Å². The molecule has 0 aliphatic heterocycles. The standard InChI is InChI=1S/C13H7ClFNO3S/c14-11-7-10(15)5-6-13(11)20(17,18)19-12-4-2-1-3-9(12)8-16/h1-7H. The van der Waals surface area contributed by atoms with E-state index in [-0.39, 0.29) is 21.2 Å². The molecule has 0 amide bonds. The SMILES string of the molecule is N#Cc1ccccc1OS(=O)(=O)c1ccc(F)cc1Cl. The van der Waals surface area contributed by atoms with E-state index in [1.807, 2.05) is 6.07 Å². The van der Waals surface area contributed by atoms with Crippen molar-refractivity contribution in [1.29, 1.82) is 5.26 Å². The normalized spacial score (nSPS) is 10.8. The van der Waals surface area contributed by atoms with Crippen molar-refractivity contribution in [1.82, 2.24) is 0 Å². The molecule has 4 nitrogen and oxygen atoms in total. The highest BCUT2D eigenvalue weighted by Gasteiger charge is 2.22. The second-order valence-electron chi connectivity index (χ2n) is 3.72. The first-order valence-electron chi connectivity index (χ1n) is 5.33. The molecule has 0 bridgehead atoms. The Kier molecular flexibility index (Phi) is 3.93. The van der Waals surface area contributed by atoms with Crippen LogP contribution in [0.15, 0.2) is 47.4 Å². The average Bonchev–Trinajstić information content (AvgIpc) is 2.38. The molecule has 7 heteroatoms. The maximum absolute atomic E-state index is 12.9. The van der Waals surface area contributed by atoms with E-state index in [9.17, 15) is 12.8 Å². The largest absolute Gasteiger partial charge is 0.378 e. The lowest BCUT2D eigenvalue weighted by atomic mass is 10.2. The van der Waals surface area contributed by atoms with Gasteiger partial charge in [-0.15, -0.1) is 0 Å². The second kappa shape index (κ2) is 5.49. The van der Waals surface area contributed by atoms with Crippen LogP contribution in [0.4, 0.5) is 4.39 Å². The smallest absolute Gasteiger partial charge is 0.340 e. The van der Waals surface area contributed by atoms with Gasteiger partial charge in [0.1, 0.15) is 16.8 Å². The summed E-state index contributed by atoms with van der Waals surface area (Å²) < 4.78 is 41.9. The van der Waals surface area contributed by atoms with Crippen molar-refractivity contribution in [2.24, 2.45) is 0 Å². The maximum Gasteiger partial charge on any atom is 0.340 e. The molecule has 0 aliphatic carbocycles. The highest BCUT2D eigenvalue weighted by atomic mass is 35.5. The summed E-state index contributed by atoms with van der Waals surface area (Å²) in [6.45, 7) is 0. The third-order valence-electron chi connectivity index (χ3n) is 2.37. The molecule has 2 aromatic carbocycles. The quantitative estimate of drug-likeness (QED) is 0.817. The van der Waals surface area contributed by atoms with E-state index in [4.69, 9.17) is 21.0 Å². The number of para-hydroxylation sites is 1. The molecular formula is C13H7ClFNO3S. The Morgan fingerprint density at radius 3 is 2.55 bits per heavy atom. The van der Waals surface area contributed by atoms with E-state index in [1.54, 1.807) is 6.07 Å². The van der Waals surface area contributed by atoms with Crippen LogP contribution in [0.5, 0.6) is 5.75 Å². The molecule has 0 N–H and O–H groups in total. The lowest BCUT2D eigenvalue weighted by Gasteiger charge is -2.09. The van der Waals surface area contributed by atoms with Crippen molar-refractivity contribution in [2.75, 3.05) is 0 Å². The van der Waals surface area contributed by atoms with Crippen molar-refractivity contribution in [2.45, 2.75) is 4.90 Å². The minimum absolute atomic E-state index is 0.0642. The number of nitriles is 1. The third-order valence-corrected chi connectivity index (χ3v) is 4.09. The van der Waals surface area contributed by atoms with Gasteiger partial charge in [0.05, 0.1) is 10.6 Å². The Morgan fingerprint density at radius 1 is 1.20 bits per heavy atom. The minimum atomic E-state index is -4.24. The van der Waals surface area contributed by atoms with Gasteiger partial charge in [-0.25, -0.2) is 4.39 Å². The molecule has 0 fully saturated rings. The van der Waals surface area contributed by atoms with Crippen molar-refractivity contribution in [3.8, 4) is 11.8 Å². The highest BCUT2D eigenvalue weighted by molar-refractivity contribution is 7.87. The first-order valence-corrected chi connectivity index (χ1v) is 7.11. The van der Waals surface area contributed by atoms with Gasteiger partial charge < -0.3 is 4.18 Å². The predicted molar refractivity (Wildman–Crippen MR) is 70.4 cm³/mol. The van der Waals surface area contributed by atoms with E-state index in [0.717, 1.165) is 18.2 Å². The molecule has 0 aromatic heterocycles. The molecule has 2 rings (SSSR count). The Morgan fingerprint density at radius 2 is 1.90 bits per heavy atom. The molecule has 0 atom stereocenters. The van der Waals surface area contributed by atoms with Crippen molar-refractivity contribution in [3.63, 3.8) is 0 Å². The van der Waals surface area contributed by atoms with Crippen LogP contribution in [0.1, 0.15) is 5.56 Å². The summed E-state index contributed by atoms with van der Waals surface area (Å²) in [6.07, 6.45) is 0. The topological polar surface area (TPSA) is 67.2 Å². The third kappa shape index (κ3) is 2.90. The van der Waals surface area contributed by atoms with Crippen LogP contribution in [0.2, 0.25) is 5.02 Å². The van der Waals surface area contributed by atoms with E-state index in [1.165, 1.54) is 18.2 Å². The van der Waals surface area contributed by atoms with E-state index < -0.39 is 15.9 Å². The van der Waals surface area contributed by atoms with Crippen molar-refractivity contribution >= 4 is 21.7 Å². The van der Waals surface area contributed by atoms with Crippen LogP contribution in [-0.4, -0.2) is 8.42 Å². The zero-order valence-corrected chi connectivity index (χ0v) is 11.5. The molecule has 0 unspecified atom stereocenters. The summed E-state index contributed by atoms with van der Waals surface area (Å²) in [5.41, 5.74) is 0.0642. The first-order chi connectivity index (χ1) is 9.44. The first kappa shape index (κ1) is 14.3. The Balaban J connectivity index is 2.44. The lowest BCUT2D eigenvalue weighted by molar-refractivity contribution is 0.485. The van der Waals surface area contributed by atoms with Gasteiger partial charge in [-0.2, -0.15) is 13.7 Å². The molecule has 0 saturated carbocycles. The second-order valence-corrected chi connectivity index (χ2v) is 5.64. The summed E-state index contributed by atoms with van der Waals surface area (Å²) in [5.74, 6) is -0.776. The predicted octanol–water partition coefficient (Wildman–Crippen LogP) is 3.12. The molecule has 2 aromatic rings. The van der Waals surface area contributed by atoms with E-state index in [2.05, 4.69) is 0 Å². The van der Waals surface area contributed by atoms with Crippen LogP contribution in [0, 0.1) is 17.1 Å². The van der Waals surface area contributed by atoms with Crippen LogP contribution in [0.3, 0.4) is 0 Å². The molecule has 0 aliphatic rings. The van der Waals surface area contributed by atoms with E-state index >= 15 is 0 Å². The Bertz CT molecular complexity index is 800. The zero-order valence-electron chi connectivity index (χ0n) is 9.88. The molecule has 0 saturated heterocycles. The number of benzene rings is 2. The minimum Gasteiger partial charge on any atom is -0.378 e. The van der Waals surface area contributed by atoms with Crippen LogP contribution < -0.4 is 4.18 Å². The Labute approximate surface area is 120 Å². The fraction of sp³-hybridized carbons (Fsp3) is 0. The van der Waals surface area contributed by atoms with E-state index in [0.29, 0.717) is 0 Å². The van der Waals surface area contributed by atoms with Gasteiger partial charge >= 0.3 is 10.1 Å². The number of nitrogens with zero attached hydrogens (tertiary/aromatic N) is 1. The van der Waals surface area contributed by atoms with Crippen LogP contribution in [-0.2, 0) is 10.1 Å². The van der Waals surface area contributed by atoms with Crippen molar-refractivity contribution < 1.29 is 17.0 Å². The highest BCUT2D eigenvalue weighted by Crippen LogP contribution is 2.27. The molecule has 102 valence electrons. The summed E-state index contributed by atoms with van der Waals surface area (Å²) in [5, 5.41) is 8.58. The lowest BCUT2D eigenvalue weighted by Crippen LogP contribution is -2.11. The average molecular weight is 312 g/mol. The summed E-state index contributed by atoms with van der Waals surface area (Å²) in [4.78, 5) is -0.367. The number of hydrogen-bond acceptors (Lipinski definition) is 4. The molecule has 0 radical (unpaired) electrons.